The number of hydrogen-bond acceptors (Lipinski definition) is 6. The fourth-order valence-electron chi connectivity index (χ4n) is 3.90. The lowest BCUT2D eigenvalue weighted by molar-refractivity contribution is 0.370. The maximum atomic E-state index is 14.3. The summed E-state index contributed by atoms with van der Waals surface area (Å²) in [5.41, 5.74) is 3.39. The maximum absolute atomic E-state index is 14.3. The van der Waals surface area contributed by atoms with E-state index in [4.69, 9.17) is 14.0 Å². The number of nitrogens with zero attached hydrogens (tertiary/aromatic N) is 2. The first kappa shape index (κ1) is 25.0. The van der Waals surface area contributed by atoms with Gasteiger partial charge in [0, 0.05) is 23.1 Å². The molecule has 190 valence electrons. The highest BCUT2D eigenvalue weighted by Gasteiger charge is 2.22. The molecule has 0 aliphatic heterocycles. The minimum absolute atomic E-state index is 0.176. The number of nitrogens with one attached hydrogen (secondary N) is 2. The molecule has 37 heavy (non-hydrogen) atoms. The summed E-state index contributed by atoms with van der Waals surface area (Å²) in [4.78, 5) is 9.09. The molecule has 2 heterocycles. The highest BCUT2D eigenvalue weighted by Crippen LogP contribution is 2.33. The van der Waals surface area contributed by atoms with Crippen LogP contribution in [0.5, 0.6) is 0 Å². The first-order valence-electron chi connectivity index (χ1n) is 11.4. The Morgan fingerprint density at radius 2 is 1.97 bits per heavy atom. The predicted molar refractivity (Wildman–Crippen MR) is 142 cm³/mol. The summed E-state index contributed by atoms with van der Waals surface area (Å²) in [7, 11) is 0. The van der Waals surface area contributed by atoms with Gasteiger partial charge in [-0.3, -0.25) is 9.27 Å². The van der Waals surface area contributed by atoms with Crippen LogP contribution in [0.4, 0.5) is 20.5 Å². The third-order valence-corrected chi connectivity index (χ3v) is 7.03. The molecule has 3 N–H and O–H groups in total. The molecule has 1 aliphatic rings. The van der Waals surface area contributed by atoms with E-state index in [0.717, 1.165) is 21.8 Å². The predicted octanol–water partition coefficient (Wildman–Crippen LogP) is 6.72. The van der Waals surface area contributed by atoms with E-state index in [1.165, 1.54) is 29.7 Å². The fraction of sp³-hybridized carbons (Fsp3) is 0.154. The zero-order valence-corrected chi connectivity index (χ0v) is 20.9. The molecule has 2 aromatic heterocycles. The Morgan fingerprint density at radius 1 is 1.19 bits per heavy atom. The Bertz CT molecular complexity index is 1450. The highest BCUT2D eigenvalue weighted by atomic mass is 32.2. The van der Waals surface area contributed by atoms with Crippen LogP contribution in [0.3, 0.4) is 0 Å². The molecule has 0 spiro atoms. The molecule has 7 nitrogen and oxygen atoms in total. The maximum Gasteiger partial charge on any atom is 0.295 e. The van der Waals surface area contributed by atoms with Gasteiger partial charge in [-0.25, -0.2) is 23.0 Å². The van der Waals surface area contributed by atoms with Crippen LogP contribution >= 0.6 is 11.3 Å². The third kappa shape index (κ3) is 6.19. The van der Waals surface area contributed by atoms with Gasteiger partial charge in [0.1, 0.15) is 17.0 Å². The Morgan fingerprint density at radius 3 is 2.70 bits per heavy atom. The van der Waals surface area contributed by atoms with E-state index in [-0.39, 0.29) is 29.8 Å². The smallest absolute Gasteiger partial charge is 0.295 e. The molecule has 3 atom stereocenters. The molecule has 5 rings (SSSR count). The summed E-state index contributed by atoms with van der Waals surface area (Å²) in [5.74, 6) is -0.378. The van der Waals surface area contributed by atoms with Crippen molar-refractivity contribution in [3.8, 4) is 10.6 Å². The van der Waals surface area contributed by atoms with E-state index < -0.39 is 23.3 Å². The SMILES string of the molecule is O=S(O)Nc1ccc(C[C@H](Nc2ncc(C3=C(F)CC(F)C=C3)o2)c2csc(-c3ccccc3)n2)cc1. The van der Waals surface area contributed by atoms with Crippen molar-refractivity contribution in [3.63, 3.8) is 0 Å². The molecular formula is C26H22F2N4O3S2. The Kier molecular flexibility index (Phi) is 7.54. The molecule has 4 aromatic rings. The van der Waals surface area contributed by atoms with Crippen molar-refractivity contribution in [2.24, 2.45) is 0 Å². The molecule has 0 saturated heterocycles. The minimum atomic E-state index is -2.16. The quantitative estimate of drug-likeness (QED) is 0.204. The second-order valence-electron chi connectivity index (χ2n) is 8.32. The van der Waals surface area contributed by atoms with Crippen molar-refractivity contribution in [1.82, 2.24) is 9.97 Å². The van der Waals surface area contributed by atoms with Crippen LogP contribution in [-0.2, 0) is 17.7 Å². The van der Waals surface area contributed by atoms with Crippen molar-refractivity contribution in [1.29, 1.82) is 0 Å². The number of allylic oxidation sites excluding steroid dienone is 4. The van der Waals surface area contributed by atoms with E-state index in [2.05, 4.69) is 15.0 Å². The van der Waals surface area contributed by atoms with Crippen molar-refractivity contribution in [2.45, 2.75) is 25.1 Å². The van der Waals surface area contributed by atoms with Crippen molar-refractivity contribution in [3.05, 3.63) is 101 Å². The van der Waals surface area contributed by atoms with Crippen molar-refractivity contribution >= 4 is 39.9 Å². The lowest BCUT2D eigenvalue weighted by Gasteiger charge is -2.16. The summed E-state index contributed by atoms with van der Waals surface area (Å²) < 4.78 is 56.0. The minimum Gasteiger partial charge on any atom is -0.423 e. The summed E-state index contributed by atoms with van der Waals surface area (Å²) in [6, 6.07) is 16.8. The second-order valence-corrected chi connectivity index (χ2v) is 9.88. The summed E-state index contributed by atoms with van der Waals surface area (Å²) >= 11 is -0.644. The lowest BCUT2D eigenvalue weighted by Crippen LogP contribution is -2.14. The normalized spacial score (nSPS) is 17.0. The number of benzene rings is 2. The number of aromatic nitrogens is 2. The molecule has 1 aliphatic carbocycles. The molecule has 0 radical (unpaired) electrons. The van der Waals surface area contributed by atoms with Gasteiger partial charge in [-0.2, -0.15) is 0 Å². The molecular weight excluding hydrogens is 518 g/mol. The standard InChI is InChI=1S/C26H22F2N4O3S2/c27-18-8-11-20(21(28)13-18)24-14-29-26(35-24)31-22(12-16-6-9-19(10-7-16)32-37(33)34)23-15-36-25(30-23)17-4-2-1-3-5-17/h1-11,14-15,18,22,32H,12-13H2,(H,29,31)(H,33,34)/t18?,22-/m0/s1. The molecule has 11 heteroatoms. The number of thiazole rings is 1. The van der Waals surface area contributed by atoms with Gasteiger partial charge in [-0.1, -0.05) is 42.5 Å². The summed E-state index contributed by atoms with van der Waals surface area (Å²) in [6.45, 7) is 0. The molecule has 0 bridgehead atoms. The Labute approximate surface area is 218 Å². The average Bonchev–Trinajstić information content (AvgIpc) is 3.55. The fourth-order valence-corrected chi connectivity index (χ4v) is 5.12. The third-order valence-electron chi connectivity index (χ3n) is 5.71. The molecule has 2 unspecified atom stereocenters. The molecule has 0 fully saturated rings. The van der Waals surface area contributed by atoms with Crippen molar-refractivity contribution < 1.29 is 22.0 Å². The Hall–Kier alpha value is -3.67. The number of halogens is 2. The van der Waals surface area contributed by atoms with Crippen LogP contribution in [-0.4, -0.2) is 24.9 Å². The number of hydrogen-bond donors (Lipinski definition) is 3. The topological polar surface area (TPSA) is 100 Å². The molecule has 0 saturated carbocycles. The van der Waals surface area contributed by atoms with E-state index in [0.29, 0.717) is 12.1 Å². The van der Waals surface area contributed by atoms with Crippen LogP contribution in [0.25, 0.3) is 16.1 Å². The van der Waals surface area contributed by atoms with Gasteiger partial charge >= 0.3 is 0 Å². The molecule has 0 amide bonds. The van der Waals surface area contributed by atoms with Crippen molar-refractivity contribution in [2.75, 3.05) is 10.0 Å². The largest absolute Gasteiger partial charge is 0.423 e. The first-order chi connectivity index (χ1) is 17.9. The number of alkyl halides is 1. The van der Waals surface area contributed by atoms with Crippen LogP contribution in [0.1, 0.15) is 29.5 Å². The number of rotatable bonds is 9. The van der Waals surface area contributed by atoms with Gasteiger partial charge in [0.25, 0.3) is 17.3 Å². The number of anilines is 2. The summed E-state index contributed by atoms with van der Waals surface area (Å²) in [6.07, 6.45) is 2.89. The van der Waals surface area contributed by atoms with E-state index in [1.807, 2.05) is 47.8 Å². The van der Waals surface area contributed by atoms with Crippen LogP contribution in [0.2, 0.25) is 0 Å². The van der Waals surface area contributed by atoms with Gasteiger partial charge < -0.3 is 9.73 Å². The van der Waals surface area contributed by atoms with Crippen LogP contribution in [0, 0.1) is 0 Å². The van der Waals surface area contributed by atoms with Gasteiger partial charge in [-0.15, -0.1) is 11.3 Å². The zero-order valence-electron chi connectivity index (χ0n) is 19.3. The van der Waals surface area contributed by atoms with Gasteiger partial charge in [0.05, 0.1) is 23.5 Å². The van der Waals surface area contributed by atoms with E-state index in [1.54, 1.807) is 12.1 Å². The van der Waals surface area contributed by atoms with Gasteiger partial charge in [0.15, 0.2) is 5.76 Å². The average molecular weight is 541 g/mol. The number of oxazole rings is 1. The zero-order chi connectivity index (χ0) is 25.8. The lowest BCUT2D eigenvalue weighted by atomic mass is 10.0. The second kappa shape index (κ2) is 11.2. The van der Waals surface area contributed by atoms with E-state index in [9.17, 15) is 13.0 Å². The van der Waals surface area contributed by atoms with Gasteiger partial charge in [-0.05, 0) is 36.3 Å². The van der Waals surface area contributed by atoms with Gasteiger partial charge in [0.2, 0.25) is 0 Å². The van der Waals surface area contributed by atoms with E-state index >= 15 is 0 Å². The van der Waals surface area contributed by atoms with Crippen LogP contribution < -0.4 is 10.0 Å². The monoisotopic (exact) mass is 540 g/mol. The summed E-state index contributed by atoms with van der Waals surface area (Å²) in [5, 5.41) is 6.08. The highest BCUT2D eigenvalue weighted by molar-refractivity contribution is 7.80. The Balaban J connectivity index is 1.41. The van der Waals surface area contributed by atoms with Crippen LogP contribution in [0.15, 0.2) is 88.6 Å². The first-order valence-corrected chi connectivity index (χ1v) is 13.3. The molecule has 2 aromatic carbocycles.